The van der Waals surface area contributed by atoms with Crippen molar-refractivity contribution in [1.29, 1.82) is 0 Å². The second-order valence-electron chi connectivity index (χ2n) is 4.29. The lowest BCUT2D eigenvalue weighted by Gasteiger charge is -2.16. The molecule has 0 aliphatic carbocycles. The Kier molecular flexibility index (Phi) is 3.71. The number of nitrogen functional groups attached to an aromatic ring is 1. The monoisotopic (exact) mass is 256 g/mol. The molecule has 1 atom stereocenters. The molecule has 2 aromatic carbocycles. The lowest BCUT2D eigenvalue weighted by molar-refractivity contribution is 0.100. The van der Waals surface area contributed by atoms with Crippen molar-refractivity contribution in [2.75, 3.05) is 5.73 Å². The minimum absolute atomic E-state index is 0.122. The molecular weight excluding hydrogens is 240 g/mol. The molecule has 0 heterocycles. The number of rotatable bonds is 4. The van der Waals surface area contributed by atoms with E-state index in [0.717, 1.165) is 5.56 Å². The summed E-state index contributed by atoms with van der Waals surface area (Å²) in [5.74, 6) is 0.0377. The van der Waals surface area contributed by atoms with Crippen molar-refractivity contribution < 1.29 is 9.53 Å². The molecule has 19 heavy (non-hydrogen) atoms. The first-order chi connectivity index (χ1) is 9.08. The van der Waals surface area contributed by atoms with Crippen molar-refractivity contribution in [3.8, 4) is 5.75 Å². The zero-order chi connectivity index (χ0) is 13.8. The van der Waals surface area contributed by atoms with E-state index in [2.05, 4.69) is 0 Å². The molecule has 0 aliphatic heterocycles. The van der Waals surface area contributed by atoms with Gasteiger partial charge in [0.2, 0.25) is 5.91 Å². The fraction of sp³-hybridized carbons (Fsp3) is 0.133. The molecule has 1 unspecified atom stereocenters. The topological polar surface area (TPSA) is 78.3 Å². The molecule has 0 bridgehead atoms. The van der Waals surface area contributed by atoms with Crippen LogP contribution in [0.5, 0.6) is 5.75 Å². The van der Waals surface area contributed by atoms with Gasteiger partial charge in [-0.05, 0) is 30.7 Å². The molecule has 0 fully saturated rings. The molecule has 2 rings (SSSR count). The minimum Gasteiger partial charge on any atom is -0.484 e. The summed E-state index contributed by atoms with van der Waals surface area (Å²) in [5.41, 5.74) is 12.9. The number of ether oxygens (including phenoxy) is 1. The molecule has 0 radical (unpaired) electrons. The number of amides is 1. The molecule has 0 aromatic heterocycles. The zero-order valence-corrected chi connectivity index (χ0v) is 10.7. The molecule has 0 aliphatic rings. The summed E-state index contributed by atoms with van der Waals surface area (Å²) in [5, 5.41) is 0. The summed E-state index contributed by atoms with van der Waals surface area (Å²) in [6.45, 7) is 1.94. The van der Waals surface area contributed by atoms with Crippen LogP contribution in [-0.2, 0) is 0 Å². The normalized spacial score (nSPS) is 11.8. The van der Waals surface area contributed by atoms with Crippen LogP contribution in [0.3, 0.4) is 0 Å². The van der Waals surface area contributed by atoms with Crippen molar-refractivity contribution in [2.45, 2.75) is 13.0 Å². The zero-order valence-electron chi connectivity index (χ0n) is 10.7. The molecule has 4 heteroatoms. The van der Waals surface area contributed by atoms with E-state index in [-0.39, 0.29) is 6.10 Å². The van der Waals surface area contributed by atoms with Crippen LogP contribution < -0.4 is 16.2 Å². The standard InChI is InChI=1S/C15H16N2O2/c1-10(11-5-3-2-4-6-11)19-14-8-7-12(15(17)18)9-13(14)16/h2-10H,16H2,1H3,(H2,17,18). The van der Waals surface area contributed by atoms with Crippen molar-refractivity contribution >= 4 is 11.6 Å². The first-order valence-corrected chi connectivity index (χ1v) is 5.99. The van der Waals surface area contributed by atoms with Gasteiger partial charge in [-0.3, -0.25) is 4.79 Å². The summed E-state index contributed by atoms with van der Waals surface area (Å²) >= 11 is 0. The van der Waals surface area contributed by atoms with E-state index in [0.29, 0.717) is 17.0 Å². The first-order valence-electron chi connectivity index (χ1n) is 5.99. The molecule has 0 spiro atoms. The van der Waals surface area contributed by atoms with Crippen molar-refractivity contribution in [1.82, 2.24) is 0 Å². The number of anilines is 1. The summed E-state index contributed by atoms with van der Waals surface area (Å²) < 4.78 is 5.79. The van der Waals surface area contributed by atoms with Gasteiger partial charge in [-0.1, -0.05) is 30.3 Å². The highest BCUT2D eigenvalue weighted by atomic mass is 16.5. The lowest BCUT2D eigenvalue weighted by Crippen LogP contribution is -2.12. The Morgan fingerprint density at radius 3 is 2.42 bits per heavy atom. The Bertz CT molecular complexity index is 582. The largest absolute Gasteiger partial charge is 0.484 e. The lowest BCUT2D eigenvalue weighted by atomic mass is 10.1. The van der Waals surface area contributed by atoms with Crippen LogP contribution in [0.2, 0.25) is 0 Å². The molecular formula is C15H16N2O2. The SMILES string of the molecule is CC(Oc1ccc(C(N)=O)cc1N)c1ccccc1. The van der Waals surface area contributed by atoms with Gasteiger partial charge in [0, 0.05) is 5.56 Å². The smallest absolute Gasteiger partial charge is 0.248 e. The van der Waals surface area contributed by atoms with Gasteiger partial charge in [0.05, 0.1) is 5.69 Å². The fourth-order valence-electron chi connectivity index (χ4n) is 1.79. The van der Waals surface area contributed by atoms with Gasteiger partial charge in [-0.25, -0.2) is 0 Å². The molecule has 2 aromatic rings. The van der Waals surface area contributed by atoms with Gasteiger partial charge >= 0.3 is 0 Å². The molecule has 0 saturated heterocycles. The van der Waals surface area contributed by atoms with Crippen LogP contribution in [-0.4, -0.2) is 5.91 Å². The van der Waals surface area contributed by atoms with E-state index in [1.165, 1.54) is 6.07 Å². The number of carbonyl (C=O) groups is 1. The van der Waals surface area contributed by atoms with E-state index < -0.39 is 5.91 Å². The molecule has 4 nitrogen and oxygen atoms in total. The number of primary amides is 1. The highest BCUT2D eigenvalue weighted by Gasteiger charge is 2.10. The minimum atomic E-state index is -0.505. The van der Waals surface area contributed by atoms with Crippen LogP contribution in [0.25, 0.3) is 0 Å². The first kappa shape index (κ1) is 13.0. The highest BCUT2D eigenvalue weighted by molar-refractivity contribution is 5.94. The maximum atomic E-state index is 11.0. The highest BCUT2D eigenvalue weighted by Crippen LogP contribution is 2.27. The van der Waals surface area contributed by atoms with Crippen LogP contribution in [0.15, 0.2) is 48.5 Å². The summed E-state index contributed by atoms with van der Waals surface area (Å²) in [6.07, 6.45) is -0.122. The van der Waals surface area contributed by atoms with Crippen LogP contribution >= 0.6 is 0 Å². The van der Waals surface area contributed by atoms with E-state index in [1.807, 2.05) is 37.3 Å². The van der Waals surface area contributed by atoms with Crippen molar-refractivity contribution in [3.05, 3.63) is 59.7 Å². The third kappa shape index (κ3) is 3.04. The van der Waals surface area contributed by atoms with Crippen molar-refractivity contribution in [2.24, 2.45) is 5.73 Å². The van der Waals surface area contributed by atoms with Gasteiger partial charge < -0.3 is 16.2 Å². The van der Waals surface area contributed by atoms with Gasteiger partial charge in [-0.2, -0.15) is 0 Å². The maximum Gasteiger partial charge on any atom is 0.248 e. The number of hydrogen-bond donors (Lipinski definition) is 2. The Hall–Kier alpha value is -2.49. The van der Waals surface area contributed by atoms with Crippen LogP contribution in [0.4, 0.5) is 5.69 Å². The van der Waals surface area contributed by atoms with E-state index in [4.69, 9.17) is 16.2 Å². The maximum absolute atomic E-state index is 11.0. The predicted octanol–water partition coefficient (Wildman–Crippen LogP) is 2.51. The number of carbonyl (C=O) groups excluding carboxylic acids is 1. The average Bonchev–Trinajstić information content (AvgIpc) is 2.41. The van der Waals surface area contributed by atoms with Gasteiger partial charge in [0.25, 0.3) is 0 Å². The average molecular weight is 256 g/mol. The second kappa shape index (κ2) is 5.44. The molecule has 0 saturated carbocycles. The third-order valence-electron chi connectivity index (χ3n) is 2.87. The molecule has 1 amide bonds. The Labute approximate surface area is 112 Å². The van der Waals surface area contributed by atoms with E-state index in [1.54, 1.807) is 12.1 Å². The Balaban J connectivity index is 2.18. The molecule has 98 valence electrons. The van der Waals surface area contributed by atoms with Gasteiger partial charge in [0.1, 0.15) is 11.9 Å². The predicted molar refractivity (Wildman–Crippen MR) is 74.9 cm³/mol. The summed E-state index contributed by atoms with van der Waals surface area (Å²) in [7, 11) is 0. The van der Waals surface area contributed by atoms with E-state index >= 15 is 0 Å². The fourth-order valence-corrected chi connectivity index (χ4v) is 1.79. The van der Waals surface area contributed by atoms with Crippen molar-refractivity contribution in [3.63, 3.8) is 0 Å². The number of benzene rings is 2. The van der Waals surface area contributed by atoms with Crippen LogP contribution in [0.1, 0.15) is 28.9 Å². The second-order valence-corrected chi connectivity index (χ2v) is 4.29. The Morgan fingerprint density at radius 1 is 1.16 bits per heavy atom. The van der Waals surface area contributed by atoms with E-state index in [9.17, 15) is 4.79 Å². The molecule has 4 N–H and O–H groups in total. The van der Waals surface area contributed by atoms with Crippen LogP contribution in [0, 0.1) is 0 Å². The number of nitrogens with two attached hydrogens (primary N) is 2. The van der Waals surface area contributed by atoms with Gasteiger partial charge in [0.15, 0.2) is 0 Å². The quantitative estimate of drug-likeness (QED) is 0.825. The van der Waals surface area contributed by atoms with Gasteiger partial charge in [-0.15, -0.1) is 0 Å². The number of hydrogen-bond acceptors (Lipinski definition) is 3. The summed E-state index contributed by atoms with van der Waals surface area (Å²) in [6, 6.07) is 14.6. The summed E-state index contributed by atoms with van der Waals surface area (Å²) in [4.78, 5) is 11.0. The third-order valence-corrected chi connectivity index (χ3v) is 2.87. The Morgan fingerprint density at radius 2 is 1.84 bits per heavy atom.